The second-order valence-electron chi connectivity index (χ2n) is 11.8. The van der Waals surface area contributed by atoms with Crippen molar-refractivity contribution in [2.75, 3.05) is 0 Å². The third-order valence-electron chi connectivity index (χ3n) is 8.96. The molecule has 0 saturated carbocycles. The fraction of sp³-hybridized carbons (Fsp3) is 0.455. The van der Waals surface area contributed by atoms with E-state index in [4.69, 9.17) is 0 Å². The van der Waals surface area contributed by atoms with E-state index in [1.165, 1.54) is 0 Å². The number of aliphatic carboxylic acids is 2. The Balaban J connectivity index is 1.73. The number of amides is 2. The predicted molar refractivity (Wildman–Crippen MR) is 170 cm³/mol. The molecule has 1 saturated heterocycles. The zero-order valence-electron chi connectivity index (χ0n) is 26.1. The zero-order chi connectivity index (χ0) is 32.5. The molecule has 238 valence electrons. The molecule has 44 heavy (non-hydrogen) atoms. The van der Waals surface area contributed by atoms with Crippen molar-refractivity contribution in [1.82, 2.24) is 16.0 Å². The third-order valence-corrected chi connectivity index (χ3v) is 9.28. The summed E-state index contributed by atoms with van der Waals surface area (Å²) in [7, 11) is 0. The highest BCUT2D eigenvalue weighted by atomic mass is 32.1. The molecule has 6 N–H and O–H groups in total. The van der Waals surface area contributed by atoms with Gasteiger partial charge in [-0.3, -0.25) is 30.7 Å². The van der Waals surface area contributed by atoms with Gasteiger partial charge in [0.2, 0.25) is 11.8 Å². The van der Waals surface area contributed by atoms with Gasteiger partial charge in [0.15, 0.2) is 0 Å². The van der Waals surface area contributed by atoms with E-state index in [2.05, 4.69) is 33.6 Å². The van der Waals surface area contributed by atoms with Crippen LogP contribution in [0.5, 0.6) is 0 Å². The van der Waals surface area contributed by atoms with Crippen LogP contribution >= 0.6 is 12.6 Å². The molecule has 1 aromatic heterocycles. The first-order chi connectivity index (χ1) is 20.7. The van der Waals surface area contributed by atoms with E-state index in [9.17, 15) is 29.4 Å². The SMILES string of the molecule is CCC1=C(C)C([CH-]C2=C(C)[C-](CCC(=O)O)/C(=C/[c-]3[nH+]c(/C=C4\NC(=O)[C@H](C)[C@H]4[C@@H](C)S)c(C)c3CCC(=O)O)N2)NC1=O. The molecule has 2 amide bonds. The number of rotatable bonds is 12. The van der Waals surface area contributed by atoms with Crippen LogP contribution in [0.4, 0.5) is 0 Å². The van der Waals surface area contributed by atoms with Gasteiger partial charge in [0, 0.05) is 41.2 Å². The minimum Gasteiger partial charge on any atom is -0.500 e. The number of aromatic amines is 1. The number of hydrogen-bond acceptors (Lipinski definition) is 6. The molecule has 4 rings (SSSR count). The van der Waals surface area contributed by atoms with Gasteiger partial charge in [-0.15, -0.1) is 6.92 Å². The summed E-state index contributed by atoms with van der Waals surface area (Å²) < 4.78 is 0. The van der Waals surface area contributed by atoms with E-state index in [0.29, 0.717) is 17.8 Å². The van der Waals surface area contributed by atoms with Crippen molar-refractivity contribution in [3.63, 3.8) is 0 Å². The number of hydrogen-bond donors (Lipinski definition) is 6. The van der Waals surface area contributed by atoms with Gasteiger partial charge in [-0.1, -0.05) is 50.8 Å². The fourth-order valence-electron chi connectivity index (χ4n) is 6.38. The molecule has 3 aliphatic heterocycles. The number of aromatic nitrogens is 1. The number of allylic oxidation sites excluding steroid dienone is 2. The lowest BCUT2D eigenvalue weighted by atomic mass is 9.91. The van der Waals surface area contributed by atoms with Crippen LogP contribution in [0.15, 0.2) is 33.8 Å². The Kier molecular flexibility index (Phi) is 9.98. The molecule has 4 heterocycles. The number of carbonyl (C=O) groups excluding carboxylic acids is 2. The van der Waals surface area contributed by atoms with Crippen LogP contribution in [0.25, 0.3) is 12.2 Å². The Morgan fingerprint density at radius 3 is 2.41 bits per heavy atom. The molecule has 4 atom stereocenters. The van der Waals surface area contributed by atoms with Crippen molar-refractivity contribution in [3.05, 3.63) is 68.7 Å². The van der Waals surface area contributed by atoms with E-state index in [0.717, 1.165) is 50.9 Å². The Bertz CT molecular complexity index is 1500. The second-order valence-corrected chi connectivity index (χ2v) is 12.6. The summed E-state index contributed by atoms with van der Waals surface area (Å²) in [6.45, 7) is 11.6. The monoisotopic (exact) mass is 622 g/mol. The van der Waals surface area contributed by atoms with Crippen molar-refractivity contribution < 1.29 is 34.4 Å². The van der Waals surface area contributed by atoms with E-state index in [1.54, 1.807) is 0 Å². The Hall–Kier alpha value is -3.99. The summed E-state index contributed by atoms with van der Waals surface area (Å²) in [4.78, 5) is 51.5. The highest BCUT2D eigenvalue weighted by molar-refractivity contribution is 7.80. The molecule has 0 aliphatic carbocycles. The maximum Gasteiger partial charge on any atom is 0.303 e. The predicted octanol–water partition coefficient (Wildman–Crippen LogP) is 3.67. The van der Waals surface area contributed by atoms with Crippen molar-refractivity contribution in [1.29, 1.82) is 0 Å². The van der Waals surface area contributed by atoms with Gasteiger partial charge in [-0.2, -0.15) is 24.4 Å². The Morgan fingerprint density at radius 1 is 1.14 bits per heavy atom. The molecule has 1 unspecified atom stereocenters. The van der Waals surface area contributed by atoms with Crippen molar-refractivity contribution >= 4 is 48.5 Å². The van der Waals surface area contributed by atoms with Crippen molar-refractivity contribution in [2.45, 2.75) is 84.9 Å². The molecular formula is C33H42N4O6S-2. The highest BCUT2D eigenvalue weighted by Crippen LogP contribution is 2.39. The summed E-state index contributed by atoms with van der Waals surface area (Å²) in [5.74, 6) is -1.47. The Morgan fingerprint density at radius 2 is 1.82 bits per heavy atom. The number of nitrogens with one attached hydrogen (secondary N) is 4. The quantitative estimate of drug-likeness (QED) is 0.153. The van der Waals surface area contributed by atoms with Gasteiger partial charge in [0.05, 0.1) is 11.4 Å². The minimum atomic E-state index is -0.916. The molecule has 3 aliphatic rings. The van der Waals surface area contributed by atoms with Crippen LogP contribution in [0.2, 0.25) is 0 Å². The Labute approximate surface area is 263 Å². The normalized spacial score (nSPS) is 24.3. The molecule has 10 nitrogen and oxygen atoms in total. The van der Waals surface area contributed by atoms with Crippen molar-refractivity contribution in [3.8, 4) is 0 Å². The van der Waals surface area contributed by atoms with Gasteiger partial charge < -0.3 is 31.1 Å². The van der Waals surface area contributed by atoms with Crippen LogP contribution in [0, 0.1) is 31.1 Å². The lowest BCUT2D eigenvalue weighted by molar-refractivity contribution is -0.379. The highest BCUT2D eigenvalue weighted by Gasteiger charge is 2.37. The average Bonchev–Trinajstić information content (AvgIpc) is 3.59. The molecule has 0 radical (unpaired) electrons. The van der Waals surface area contributed by atoms with Gasteiger partial charge in [-0.25, -0.2) is 12.1 Å². The first-order valence-electron chi connectivity index (χ1n) is 15.0. The van der Waals surface area contributed by atoms with E-state index < -0.39 is 11.9 Å². The van der Waals surface area contributed by atoms with Gasteiger partial charge in [0.1, 0.15) is 0 Å². The summed E-state index contributed by atoms with van der Waals surface area (Å²) in [5.41, 5.74) is 8.00. The van der Waals surface area contributed by atoms with E-state index >= 15 is 0 Å². The van der Waals surface area contributed by atoms with E-state index in [1.807, 2.05) is 60.1 Å². The minimum absolute atomic E-state index is 0.0621. The van der Waals surface area contributed by atoms with Crippen LogP contribution in [-0.4, -0.2) is 45.3 Å². The van der Waals surface area contributed by atoms with E-state index in [-0.39, 0.29) is 60.6 Å². The smallest absolute Gasteiger partial charge is 0.303 e. The van der Waals surface area contributed by atoms with Gasteiger partial charge in [0.25, 0.3) is 0 Å². The molecule has 0 aromatic carbocycles. The third kappa shape index (κ3) is 6.72. The maximum atomic E-state index is 12.5. The average molecular weight is 623 g/mol. The summed E-state index contributed by atoms with van der Waals surface area (Å²) in [5, 5.41) is 28.3. The molecule has 1 fully saturated rings. The lowest BCUT2D eigenvalue weighted by Crippen LogP contribution is -2.31. The first-order valence-corrected chi connectivity index (χ1v) is 15.5. The fourth-order valence-corrected chi connectivity index (χ4v) is 6.80. The molecule has 11 heteroatoms. The van der Waals surface area contributed by atoms with Gasteiger partial charge in [-0.05, 0) is 31.9 Å². The first kappa shape index (κ1) is 32.9. The number of carboxylic acid groups (broad SMARTS) is 2. The number of thiol groups is 1. The van der Waals surface area contributed by atoms with Crippen LogP contribution in [0.3, 0.4) is 0 Å². The van der Waals surface area contributed by atoms with Crippen LogP contribution in [-0.2, 0) is 25.6 Å². The molecule has 0 bridgehead atoms. The maximum absolute atomic E-state index is 12.5. The largest absolute Gasteiger partial charge is 0.500 e. The summed E-state index contributed by atoms with van der Waals surface area (Å²) >= 11 is 4.62. The van der Waals surface area contributed by atoms with Crippen LogP contribution < -0.4 is 20.9 Å². The molecular weight excluding hydrogens is 580 g/mol. The molecule has 1 aromatic rings. The number of carbonyl (C=O) groups is 4. The number of H-pyrrole nitrogens is 1. The molecule has 0 spiro atoms. The van der Waals surface area contributed by atoms with Crippen LogP contribution in [0.1, 0.15) is 82.8 Å². The summed E-state index contributed by atoms with van der Waals surface area (Å²) in [6.07, 6.45) is 6.83. The topological polar surface area (TPSA) is 159 Å². The summed E-state index contributed by atoms with van der Waals surface area (Å²) in [6, 6.07) is -0.279. The lowest BCUT2D eigenvalue weighted by Gasteiger charge is -2.30. The number of carboxylic acids is 2. The van der Waals surface area contributed by atoms with Crippen molar-refractivity contribution in [2.24, 2.45) is 11.8 Å². The second kappa shape index (κ2) is 13.3. The van der Waals surface area contributed by atoms with Gasteiger partial charge >= 0.3 is 11.9 Å². The standard InChI is InChI=1S/C33H42N4O6S/c1-7-20-15(2)25(36-33(20)43)12-23-16(3)21(8-10-29(38)39)26(34-23)14-27-22(9-11-30(40)41)17(4)24(35-27)13-28-31(19(6)44)18(5)32(42)37-28/h12-14,18-19,25,31,34-35,44H,7-11H2,1-6H3,(H,36,43)(H,37,42)(H,38,39)(H,40,41)/q-2/b26-14-,28-13-/t18-,19-,25?,31+/m1/s1. The zero-order valence-corrected chi connectivity index (χ0v) is 26.9.